The van der Waals surface area contributed by atoms with Crippen LogP contribution in [0.15, 0.2) is 18.2 Å². The number of carbonyl (C=O) groups excluding carboxylic acids is 2. The Morgan fingerprint density at radius 1 is 1.55 bits per heavy atom. The summed E-state index contributed by atoms with van der Waals surface area (Å²) in [5.41, 5.74) is 6.02. The van der Waals surface area contributed by atoms with E-state index in [1.54, 1.807) is 0 Å². The Balaban J connectivity index is 0.00000242. The summed E-state index contributed by atoms with van der Waals surface area (Å²) in [5, 5.41) is 5.28. The summed E-state index contributed by atoms with van der Waals surface area (Å²) in [6.45, 7) is 3.24. The lowest BCUT2D eigenvalue weighted by Gasteiger charge is -2.15. The van der Waals surface area contributed by atoms with Crippen molar-refractivity contribution in [3.8, 4) is 0 Å². The summed E-state index contributed by atoms with van der Waals surface area (Å²) >= 11 is 0. The summed E-state index contributed by atoms with van der Waals surface area (Å²) < 4.78 is 13.8. The molecule has 1 aromatic rings. The van der Waals surface area contributed by atoms with Crippen LogP contribution < -0.4 is 21.3 Å². The van der Waals surface area contributed by atoms with Gasteiger partial charge in [0.15, 0.2) is 0 Å². The molecule has 8 heteroatoms. The van der Waals surface area contributed by atoms with Crippen molar-refractivity contribution in [2.24, 2.45) is 5.73 Å². The van der Waals surface area contributed by atoms with Gasteiger partial charge in [0.25, 0.3) is 5.91 Å². The summed E-state index contributed by atoms with van der Waals surface area (Å²) in [6, 6.07) is 3.79. The molecule has 1 atom stereocenters. The molecule has 1 saturated heterocycles. The molecule has 0 radical (unpaired) electrons. The maximum absolute atomic E-state index is 13.8. The molecule has 0 spiro atoms. The van der Waals surface area contributed by atoms with Gasteiger partial charge in [-0.3, -0.25) is 9.69 Å². The summed E-state index contributed by atoms with van der Waals surface area (Å²) in [4.78, 5) is 25.0. The van der Waals surface area contributed by atoms with E-state index in [-0.39, 0.29) is 30.0 Å². The number of amides is 3. The molecule has 0 bridgehead atoms. The summed E-state index contributed by atoms with van der Waals surface area (Å²) in [6.07, 6.45) is 0.613. The molecule has 0 aliphatic carbocycles. The average molecular weight is 331 g/mol. The number of hydrogen-bond donors (Lipinski definition) is 3. The van der Waals surface area contributed by atoms with E-state index in [4.69, 9.17) is 5.73 Å². The third-order valence-corrected chi connectivity index (χ3v) is 3.25. The number of nitrogens with two attached hydrogens (primary N) is 1. The van der Waals surface area contributed by atoms with Gasteiger partial charge in [0, 0.05) is 31.4 Å². The molecule has 4 N–H and O–H groups in total. The zero-order valence-electron chi connectivity index (χ0n) is 12.3. The zero-order valence-corrected chi connectivity index (χ0v) is 13.1. The molecule has 1 heterocycles. The van der Waals surface area contributed by atoms with Crippen LogP contribution in [0.1, 0.15) is 23.7 Å². The van der Waals surface area contributed by atoms with Crippen molar-refractivity contribution < 1.29 is 14.0 Å². The lowest BCUT2D eigenvalue weighted by molar-refractivity contribution is 0.0948. The molecular weight excluding hydrogens is 311 g/mol. The lowest BCUT2D eigenvalue weighted by Crippen LogP contribution is -2.30. The Kier molecular flexibility index (Phi) is 6.58. The predicted molar refractivity (Wildman–Crippen MR) is 85.0 cm³/mol. The van der Waals surface area contributed by atoms with Crippen molar-refractivity contribution in [3.05, 3.63) is 29.6 Å². The van der Waals surface area contributed by atoms with Gasteiger partial charge in [-0.05, 0) is 31.5 Å². The number of hydrogen-bond acceptors (Lipinski definition) is 3. The molecule has 6 nitrogen and oxygen atoms in total. The van der Waals surface area contributed by atoms with Crippen LogP contribution in [-0.4, -0.2) is 37.6 Å². The molecule has 2 rings (SSSR count). The maximum atomic E-state index is 13.8. The number of nitrogens with zero attached hydrogens (tertiary/aromatic N) is 1. The smallest absolute Gasteiger partial charge is 0.321 e. The van der Waals surface area contributed by atoms with Crippen LogP contribution >= 0.6 is 12.4 Å². The van der Waals surface area contributed by atoms with Gasteiger partial charge in [0.05, 0.1) is 5.56 Å². The lowest BCUT2D eigenvalue weighted by atomic mass is 10.1. The van der Waals surface area contributed by atoms with Crippen LogP contribution in [0.25, 0.3) is 0 Å². The second-order valence-electron chi connectivity index (χ2n) is 5.07. The first kappa shape index (κ1) is 18.2. The third kappa shape index (κ3) is 4.32. The Bertz CT molecular complexity index is 554. The van der Waals surface area contributed by atoms with Crippen LogP contribution in [0.4, 0.5) is 14.9 Å². The molecule has 0 aromatic heterocycles. The molecule has 3 amide bonds. The highest BCUT2D eigenvalue weighted by molar-refractivity contribution is 5.98. The second-order valence-corrected chi connectivity index (χ2v) is 5.07. The van der Waals surface area contributed by atoms with Crippen LogP contribution in [0.3, 0.4) is 0 Å². The van der Waals surface area contributed by atoms with E-state index < -0.39 is 11.7 Å². The van der Waals surface area contributed by atoms with Crippen LogP contribution in [-0.2, 0) is 0 Å². The van der Waals surface area contributed by atoms with Crippen molar-refractivity contribution in [2.75, 3.05) is 24.5 Å². The van der Waals surface area contributed by atoms with Gasteiger partial charge >= 0.3 is 6.03 Å². The van der Waals surface area contributed by atoms with E-state index >= 15 is 0 Å². The van der Waals surface area contributed by atoms with E-state index in [2.05, 4.69) is 10.6 Å². The van der Waals surface area contributed by atoms with Gasteiger partial charge in [-0.1, -0.05) is 0 Å². The SMILES string of the molecule is CC(N)CCNC(=O)c1cc(N2CCNC2=O)ccc1F.Cl. The van der Waals surface area contributed by atoms with Crippen LogP contribution in [0.5, 0.6) is 0 Å². The zero-order chi connectivity index (χ0) is 15.4. The number of halogens is 2. The minimum absolute atomic E-state index is 0. The average Bonchev–Trinajstić information content (AvgIpc) is 2.85. The quantitative estimate of drug-likeness (QED) is 0.759. The van der Waals surface area contributed by atoms with Crippen molar-refractivity contribution in [1.29, 1.82) is 0 Å². The molecule has 22 heavy (non-hydrogen) atoms. The van der Waals surface area contributed by atoms with Gasteiger partial charge in [-0.25, -0.2) is 9.18 Å². The molecule has 1 aliphatic heterocycles. The molecule has 0 saturated carbocycles. The van der Waals surface area contributed by atoms with Gasteiger partial charge in [0.2, 0.25) is 0 Å². The van der Waals surface area contributed by atoms with E-state index in [0.717, 1.165) is 0 Å². The number of nitrogens with one attached hydrogen (secondary N) is 2. The van der Waals surface area contributed by atoms with Gasteiger partial charge in [-0.2, -0.15) is 0 Å². The first-order valence-electron chi connectivity index (χ1n) is 6.87. The molecular formula is C14H20ClFN4O2. The van der Waals surface area contributed by atoms with Crippen molar-refractivity contribution in [2.45, 2.75) is 19.4 Å². The Morgan fingerprint density at radius 2 is 2.27 bits per heavy atom. The Hall–Kier alpha value is -1.86. The highest BCUT2D eigenvalue weighted by Crippen LogP contribution is 2.20. The number of carbonyl (C=O) groups is 2. The summed E-state index contributed by atoms with van der Waals surface area (Å²) in [7, 11) is 0. The maximum Gasteiger partial charge on any atom is 0.321 e. The number of rotatable bonds is 5. The van der Waals surface area contributed by atoms with E-state index in [1.807, 2.05) is 6.92 Å². The predicted octanol–water partition coefficient (Wildman–Crippen LogP) is 1.24. The fraction of sp³-hybridized carbons (Fsp3) is 0.429. The number of urea groups is 1. The van der Waals surface area contributed by atoms with Crippen LogP contribution in [0.2, 0.25) is 0 Å². The number of anilines is 1. The minimum Gasteiger partial charge on any atom is -0.352 e. The van der Waals surface area contributed by atoms with E-state index in [1.165, 1.54) is 23.1 Å². The molecule has 1 aliphatic rings. The van der Waals surface area contributed by atoms with E-state index in [0.29, 0.717) is 31.7 Å². The van der Waals surface area contributed by atoms with Crippen molar-refractivity contribution in [3.63, 3.8) is 0 Å². The van der Waals surface area contributed by atoms with Crippen molar-refractivity contribution in [1.82, 2.24) is 10.6 Å². The standard InChI is InChI=1S/C14H19FN4O2.ClH/c1-9(16)4-5-17-13(20)11-8-10(2-3-12(11)15)19-7-6-18-14(19)21;/h2-3,8-9H,4-7,16H2,1H3,(H,17,20)(H,18,21);1H. The molecule has 122 valence electrons. The van der Waals surface area contributed by atoms with Gasteiger partial charge in [0.1, 0.15) is 5.82 Å². The fourth-order valence-electron chi connectivity index (χ4n) is 2.08. The third-order valence-electron chi connectivity index (χ3n) is 3.25. The van der Waals surface area contributed by atoms with Crippen LogP contribution in [0, 0.1) is 5.82 Å². The Labute approximate surface area is 134 Å². The highest BCUT2D eigenvalue weighted by Gasteiger charge is 2.23. The monoisotopic (exact) mass is 330 g/mol. The molecule has 1 fully saturated rings. The number of benzene rings is 1. The first-order chi connectivity index (χ1) is 9.99. The first-order valence-corrected chi connectivity index (χ1v) is 6.87. The topological polar surface area (TPSA) is 87.5 Å². The minimum atomic E-state index is -0.614. The highest BCUT2D eigenvalue weighted by atomic mass is 35.5. The fourth-order valence-corrected chi connectivity index (χ4v) is 2.08. The Morgan fingerprint density at radius 3 is 2.86 bits per heavy atom. The van der Waals surface area contributed by atoms with Crippen molar-refractivity contribution >= 4 is 30.0 Å². The largest absolute Gasteiger partial charge is 0.352 e. The van der Waals surface area contributed by atoms with Gasteiger partial charge < -0.3 is 16.4 Å². The van der Waals surface area contributed by atoms with E-state index in [9.17, 15) is 14.0 Å². The second kappa shape index (κ2) is 7.95. The normalized spacial score (nSPS) is 15.0. The molecule has 1 aromatic carbocycles. The summed E-state index contributed by atoms with van der Waals surface area (Å²) in [5.74, 6) is -1.12. The molecule has 1 unspecified atom stereocenters. The van der Waals surface area contributed by atoms with Gasteiger partial charge in [-0.15, -0.1) is 12.4 Å².